The maximum Gasteiger partial charge on any atom is 0.0873 e. The van der Waals surface area contributed by atoms with Crippen molar-refractivity contribution in [1.29, 1.82) is 0 Å². The minimum atomic E-state index is -0.375. The molecule has 0 aliphatic heterocycles. The molecule has 12 heteroatoms. The van der Waals surface area contributed by atoms with Crippen LogP contribution >= 0.6 is 0 Å². The maximum atomic E-state index is 8.56. The van der Waals surface area contributed by atoms with E-state index in [2.05, 4.69) is 255 Å². The van der Waals surface area contributed by atoms with Gasteiger partial charge >= 0.3 is 0 Å². The number of fused-ring (bicyclic) bond motifs is 18. The zero-order valence-corrected chi connectivity index (χ0v) is 68.3. The third-order valence-electron chi connectivity index (χ3n) is 18.5. The molecule has 2 unspecified atom stereocenters. The molecule has 13 aromatic carbocycles. The fourth-order valence-corrected chi connectivity index (χ4v) is 13.0. The van der Waals surface area contributed by atoms with Gasteiger partial charge in [0, 0.05) is 119 Å². The molecule has 0 fully saturated rings. The number of pyridine rings is 1. The number of hydrogen-bond donors (Lipinski definition) is 2. The monoisotopic (exact) mass is 1920 g/mol. The molecule has 106 heavy (non-hydrogen) atoms. The summed E-state index contributed by atoms with van der Waals surface area (Å²) in [5.41, 5.74) is 17.8. The Balaban J connectivity index is 0.000000149. The molecule has 9 nitrogen and oxygen atoms in total. The van der Waals surface area contributed by atoms with E-state index in [4.69, 9.17) is 40.1 Å². The van der Waals surface area contributed by atoms with Gasteiger partial charge in [0.05, 0.1) is 45.8 Å². The summed E-state index contributed by atoms with van der Waals surface area (Å²) >= 11 is 0. The Kier molecular flexibility index (Phi) is 25.6. The average Bonchev–Trinajstić information content (AvgIpc) is 0.756. The molecule has 0 amide bonds. The summed E-state index contributed by atoms with van der Waals surface area (Å²) in [7, 11) is 0. The van der Waals surface area contributed by atoms with Gasteiger partial charge in [0.15, 0.2) is 0 Å². The average molecular weight is 1920 g/mol. The Labute approximate surface area is 663 Å². The van der Waals surface area contributed by atoms with Crippen LogP contribution in [-0.2, 0) is 77.5 Å². The molecule has 0 bridgehead atoms. The summed E-state index contributed by atoms with van der Waals surface area (Å²) in [6.07, 6.45) is 7.15. The second kappa shape index (κ2) is 34.4. The van der Waals surface area contributed by atoms with E-state index in [0.717, 1.165) is 110 Å². The molecule has 0 spiro atoms. The van der Waals surface area contributed by atoms with Gasteiger partial charge in [-0.1, -0.05) is 252 Å². The molecule has 0 aliphatic carbocycles. The molecule has 0 aliphatic rings. The fourth-order valence-electron chi connectivity index (χ4n) is 13.0. The van der Waals surface area contributed by atoms with Gasteiger partial charge in [-0.3, -0.25) is 15.0 Å². The number of aliphatic hydroxyl groups excluding tert-OH is 2. The summed E-state index contributed by atoms with van der Waals surface area (Å²) in [4.78, 5) is 33.8. The molecule has 538 valence electrons. The third-order valence-corrected chi connectivity index (χ3v) is 18.5. The minimum absolute atomic E-state index is 0. The number of aromatic nitrogens is 7. The van der Waals surface area contributed by atoms with Gasteiger partial charge in [0.1, 0.15) is 0 Å². The normalized spacial score (nSPS) is 11.9. The molecule has 4 heterocycles. The smallest absolute Gasteiger partial charge is 0.0873 e. The number of aliphatic hydroxyl groups is 2. The van der Waals surface area contributed by atoms with Gasteiger partial charge in [-0.05, 0) is 81.1 Å². The van der Waals surface area contributed by atoms with E-state index in [9.17, 15) is 0 Å². The van der Waals surface area contributed by atoms with Crippen LogP contribution in [0.25, 0.3) is 143 Å². The van der Waals surface area contributed by atoms with Crippen LogP contribution in [0, 0.1) is 24.3 Å². The van der Waals surface area contributed by atoms with E-state index in [1.165, 1.54) is 49.0 Å². The van der Waals surface area contributed by atoms with Crippen molar-refractivity contribution in [3.05, 3.63) is 308 Å². The molecular formula is C94H83Ir2N7O2Pt-4. The van der Waals surface area contributed by atoms with Crippen molar-refractivity contribution in [2.24, 2.45) is 0 Å². The minimum Gasteiger partial charge on any atom is -0.393 e. The van der Waals surface area contributed by atoms with Crippen LogP contribution in [0.5, 0.6) is 0 Å². The molecule has 2 N–H and O–H groups in total. The van der Waals surface area contributed by atoms with E-state index in [1.54, 1.807) is 20.0 Å². The number of rotatable bonds is 6. The first kappa shape index (κ1) is 79.1. The van der Waals surface area contributed by atoms with Crippen molar-refractivity contribution >= 4 is 97.7 Å². The van der Waals surface area contributed by atoms with Gasteiger partial charge in [0.2, 0.25) is 0 Å². The maximum absolute atomic E-state index is 8.56. The molecule has 4 aromatic heterocycles. The van der Waals surface area contributed by atoms with Crippen molar-refractivity contribution in [1.82, 2.24) is 34.9 Å². The van der Waals surface area contributed by atoms with E-state index in [1.807, 2.05) is 97.5 Å². The largest absolute Gasteiger partial charge is 0.393 e. The number of benzene rings is 13. The second-order valence-corrected chi connectivity index (χ2v) is 29.3. The zero-order chi connectivity index (χ0) is 72.0. The molecular weight excluding hydrogens is 1840 g/mol. The van der Waals surface area contributed by atoms with Crippen molar-refractivity contribution in [3.8, 4) is 45.0 Å². The van der Waals surface area contributed by atoms with Crippen LogP contribution in [0.4, 0.5) is 0 Å². The number of nitrogens with zero attached hydrogens (tertiary/aromatic N) is 7. The fraction of sp³-hybridized carbons (Fsp3) is 0.181. The van der Waals surface area contributed by atoms with E-state index >= 15 is 0 Å². The van der Waals surface area contributed by atoms with Crippen LogP contribution in [0.2, 0.25) is 0 Å². The van der Waals surface area contributed by atoms with Gasteiger partial charge in [0.25, 0.3) is 0 Å². The predicted octanol–water partition coefficient (Wildman–Crippen LogP) is 22.8. The van der Waals surface area contributed by atoms with Crippen molar-refractivity contribution < 1.29 is 71.5 Å². The van der Waals surface area contributed by atoms with Crippen LogP contribution < -0.4 is 0 Å². The van der Waals surface area contributed by atoms with Crippen molar-refractivity contribution in [2.75, 3.05) is 0 Å². The molecule has 2 radical (unpaired) electrons. The first-order valence-corrected chi connectivity index (χ1v) is 35.2. The Bertz CT molecular complexity index is 5190. The van der Waals surface area contributed by atoms with Gasteiger partial charge in [-0.15, -0.1) is 125 Å². The first-order valence-electron chi connectivity index (χ1n) is 35.2. The van der Waals surface area contributed by atoms with Gasteiger partial charge in [-0.2, -0.15) is 0 Å². The van der Waals surface area contributed by atoms with E-state index in [-0.39, 0.29) is 89.7 Å². The SMILES string of the molecule is CC(C)(C)c1ccc(-c2cnc3c4[c-]cccc4c4ccccc4c3n2)cc1.CC(C)(C)c1ccc(-c2cnc3c4[c-]cccc4c4ccccc4c3n2)cc1.CC(C)(C)c1ccc(-c2cnc3c4[c-]cccc4c4ccccc4c3n2)cc1.CC(O)CC(C)O.[Ir].[Ir].[Pt].[c-]1ccccc1-c1ccccn1. The Hall–Kier alpha value is -9.50. The Morgan fingerprint density at radius 2 is 0.594 bits per heavy atom. The van der Waals surface area contributed by atoms with Crippen LogP contribution in [0.15, 0.2) is 267 Å². The molecule has 0 saturated carbocycles. The van der Waals surface area contributed by atoms with Crippen molar-refractivity contribution in [3.63, 3.8) is 0 Å². The zero-order valence-electron chi connectivity index (χ0n) is 61.3. The second-order valence-electron chi connectivity index (χ2n) is 29.3. The third kappa shape index (κ3) is 17.8. The molecule has 17 aromatic rings. The quantitative estimate of drug-likeness (QED) is 0.123. The van der Waals surface area contributed by atoms with Crippen molar-refractivity contribution in [2.45, 2.75) is 111 Å². The molecule has 17 rings (SSSR count). The number of hydrogen-bond acceptors (Lipinski definition) is 9. The molecule has 0 saturated heterocycles. The van der Waals surface area contributed by atoms with Crippen LogP contribution in [0.3, 0.4) is 0 Å². The molecule has 2 atom stereocenters. The standard InChI is InChI=1S/3C26H21N2.C11H8N.C5H12O2.2Ir.Pt/c3*1-26(2,3)18-14-12-17(13-15-18)23-16-27-24-21-10-6-4-8-19(21)20-9-5-7-11-22(20)25(24)28-23;1-2-6-10(7-3-1)11-8-4-5-9-12-11;1-4(6)3-5(2)7;;;/h3*4-9,11-16H,1-3H3;1-6,8-9H;4-7H,3H2,1-2H3;;;/q4*-1;;;;. The summed E-state index contributed by atoms with van der Waals surface area (Å²) < 4.78 is 0. The van der Waals surface area contributed by atoms with Gasteiger partial charge in [-0.25, -0.2) is 0 Å². The summed E-state index contributed by atoms with van der Waals surface area (Å²) in [5.74, 6) is 0. The Morgan fingerprint density at radius 3 is 0.868 bits per heavy atom. The Morgan fingerprint density at radius 1 is 0.302 bits per heavy atom. The van der Waals surface area contributed by atoms with Crippen LogP contribution in [-0.4, -0.2) is 57.3 Å². The van der Waals surface area contributed by atoms with Crippen LogP contribution in [0.1, 0.15) is 99.3 Å². The predicted molar refractivity (Wildman–Crippen MR) is 429 cm³/mol. The van der Waals surface area contributed by atoms with E-state index in [0.29, 0.717) is 6.42 Å². The summed E-state index contributed by atoms with van der Waals surface area (Å²) in [6.45, 7) is 23.4. The first-order chi connectivity index (χ1) is 49.7. The van der Waals surface area contributed by atoms with Gasteiger partial charge < -0.3 is 30.1 Å². The van der Waals surface area contributed by atoms with E-state index < -0.39 is 0 Å². The topological polar surface area (TPSA) is 131 Å². The summed E-state index contributed by atoms with van der Waals surface area (Å²) in [5, 5.41) is 30.7. The summed E-state index contributed by atoms with van der Waals surface area (Å²) in [6, 6.07) is 96.5.